The summed E-state index contributed by atoms with van der Waals surface area (Å²) in [7, 11) is 0. The van der Waals surface area contributed by atoms with Gasteiger partial charge in [-0.15, -0.1) is 11.3 Å². The molecule has 144 valence electrons. The molecule has 1 aromatic rings. The first-order valence-electron chi connectivity index (χ1n) is 8.87. The van der Waals surface area contributed by atoms with E-state index >= 15 is 0 Å². The van der Waals surface area contributed by atoms with Crippen LogP contribution in [0, 0.1) is 16.7 Å². The Bertz CT molecular complexity index is 735. The minimum absolute atomic E-state index is 0.0915. The Balaban J connectivity index is 2.11. The maximum atomic E-state index is 11.5. The quantitative estimate of drug-likeness (QED) is 0.704. The molecule has 0 aromatic carbocycles. The lowest BCUT2D eigenvalue weighted by atomic mass is 9.47. The number of carbonyl (C=O) groups excluding carboxylic acids is 2. The highest BCUT2D eigenvalue weighted by Crippen LogP contribution is 2.62. The van der Waals surface area contributed by atoms with Crippen LogP contribution in [0.5, 0.6) is 0 Å². The lowest BCUT2D eigenvalue weighted by molar-refractivity contribution is -0.307. The predicted molar refractivity (Wildman–Crippen MR) is 94.5 cm³/mol. The number of hydrogen-bond acceptors (Lipinski definition) is 7. The average Bonchev–Trinajstić information content (AvgIpc) is 2.94. The zero-order valence-electron chi connectivity index (χ0n) is 15.2. The van der Waals surface area contributed by atoms with Gasteiger partial charge in [-0.2, -0.15) is 0 Å². The molecule has 0 spiro atoms. The fourth-order valence-corrected chi connectivity index (χ4v) is 6.13. The molecule has 1 heterocycles. The van der Waals surface area contributed by atoms with E-state index in [4.69, 9.17) is 0 Å². The van der Waals surface area contributed by atoms with Crippen LogP contribution in [0.3, 0.4) is 0 Å². The van der Waals surface area contributed by atoms with Crippen LogP contribution in [-0.2, 0) is 16.0 Å². The number of aliphatic hydroxyl groups excluding tert-OH is 2. The molecule has 5 atom stereocenters. The lowest BCUT2D eigenvalue weighted by Gasteiger charge is -2.58. The summed E-state index contributed by atoms with van der Waals surface area (Å²) in [5.74, 6) is -1.84. The van der Waals surface area contributed by atoms with Crippen molar-refractivity contribution < 1.29 is 24.9 Å². The van der Waals surface area contributed by atoms with Gasteiger partial charge in [0.05, 0.1) is 18.4 Å². The number of aliphatic carboxylic acids is 1. The predicted octanol–water partition coefficient (Wildman–Crippen LogP) is 0.657. The van der Waals surface area contributed by atoms with Gasteiger partial charge in [0.2, 0.25) is 5.91 Å². The number of anilines is 1. The summed E-state index contributed by atoms with van der Waals surface area (Å²) in [6, 6.07) is 0. The van der Waals surface area contributed by atoms with Crippen molar-refractivity contribution in [1.82, 2.24) is 4.98 Å². The van der Waals surface area contributed by atoms with Gasteiger partial charge in [-0.25, -0.2) is 4.98 Å². The number of nitrogens with one attached hydrogen (secondary N) is 1. The maximum Gasteiger partial charge on any atom is 0.223 e. The van der Waals surface area contributed by atoms with Crippen molar-refractivity contribution >= 4 is 28.3 Å². The minimum Gasteiger partial charge on any atom is -0.550 e. The van der Waals surface area contributed by atoms with E-state index in [1.54, 1.807) is 0 Å². The van der Waals surface area contributed by atoms with Crippen LogP contribution < -0.4 is 10.4 Å². The van der Waals surface area contributed by atoms with Gasteiger partial charge in [0.1, 0.15) is 0 Å². The summed E-state index contributed by atoms with van der Waals surface area (Å²) in [6.07, 6.45) is 0.949. The number of rotatable bonds is 4. The first-order valence-corrected chi connectivity index (χ1v) is 9.69. The zero-order valence-corrected chi connectivity index (χ0v) is 16.1. The Hall–Kier alpha value is -1.51. The van der Waals surface area contributed by atoms with Crippen molar-refractivity contribution in [3.63, 3.8) is 0 Å². The molecular formula is C18H25N2O5S-. The third-order valence-corrected chi connectivity index (χ3v) is 7.56. The molecule has 26 heavy (non-hydrogen) atoms. The molecule has 0 unspecified atom stereocenters. The van der Waals surface area contributed by atoms with Gasteiger partial charge in [-0.3, -0.25) is 4.79 Å². The molecule has 0 bridgehead atoms. The monoisotopic (exact) mass is 381 g/mol. The SMILES string of the molecule is CC(=O)Nc1nc2c(s1)C[C@@H]1[C@](C)(CO)[C@H](O)CC[C@@]1(C)[C@@H]2CC(=O)[O-]. The zero-order chi connectivity index (χ0) is 19.3. The van der Waals surface area contributed by atoms with Crippen LogP contribution in [-0.4, -0.2) is 39.8 Å². The largest absolute Gasteiger partial charge is 0.550 e. The van der Waals surface area contributed by atoms with Gasteiger partial charge in [0.25, 0.3) is 0 Å². The van der Waals surface area contributed by atoms with E-state index in [2.05, 4.69) is 10.3 Å². The fourth-order valence-electron chi connectivity index (χ4n) is 5.02. The van der Waals surface area contributed by atoms with E-state index in [9.17, 15) is 24.9 Å². The molecule has 3 N–H and O–H groups in total. The molecule has 0 aliphatic heterocycles. The molecule has 8 heteroatoms. The van der Waals surface area contributed by atoms with Crippen molar-refractivity contribution in [1.29, 1.82) is 0 Å². The number of thiazole rings is 1. The van der Waals surface area contributed by atoms with Crippen molar-refractivity contribution in [2.75, 3.05) is 11.9 Å². The minimum atomic E-state index is -1.14. The Morgan fingerprint density at radius 1 is 1.42 bits per heavy atom. The number of carbonyl (C=O) groups is 2. The van der Waals surface area contributed by atoms with E-state index < -0.39 is 22.9 Å². The Morgan fingerprint density at radius 2 is 2.12 bits per heavy atom. The van der Waals surface area contributed by atoms with Crippen LogP contribution >= 0.6 is 11.3 Å². The maximum absolute atomic E-state index is 11.5. The summed E-state index contributed by atoms with van der Waals surface area (Å²) >= 11 is 1.34. The number of hydrogen-bond donors (Lipinski definition) is 3. The highest BCUT2D eigenvalue weighted by molar-refractivity contribution is 7.15. The number of aliphatic hydroxyl groups is 2. The number of nitrogens with zero attached hydrogens (tertiary/aromatic N) is 1. The Labute approximate surface area is 156 Å². The third-order valence-electron chi connectivity index (χ3n) is 6.55. The molecule has 1 fully saturated rings. The second kappa shape index (κ2) is 6.58. The van der Waals surface area contributed by atoms with Crippen LogP contribution in [0.25, 0.3) is 0 Å². The molecule has 1 aromatic heterocycles. The highest BCUT2D eigenvalue weighted by Gasteiger charge is 2.58. The van der Waals surface area contributed by atoms with Gasteiger partial charge in [-0.1, -0.05) is 13.8 Å². The molecule has 0 radical (unpaired) electrons. The summed E-state index contributed by atoms with van der Waals surface area (Å²) in [5, 5.41) is 35.2. The third kappa shape index (κ3) is 2.93. The van der Waals surface area contributed by atoms with Gasteiger partial charge >= 0.3 is 0 Å². The Kier molecular flexibility index (Phi) is 4.87. The van der Waals surface area contributed by atoms with Gasteiger partial charge in [-0.05, 0) is 37.0 Å². The van der Waals surface area contributed by atoms with E-state index in [0.29, 0.717) is 30.1 Å². The summed E-state index contributed by atoms with van der Waals surface area (Å²) < 4.78 is 0. The lowest BCUT2D eigenvalue weighted by Crippen LogP contribution is -2.57. The number of fused-ring (bicyclic) bond motifs is 2. The Morgan fingerprint density at radius 3 is 2.69 bits per heavy atom. The molecule has 2 aliphatic rings. The highest BCUT2D eigenvalue weighted by atomic mass is 32.1. The van der Waals surface area contributed by atoms with E-state index in [0.717, 1.165) is 4.88 Å². The number of carboxylic acid groups (broad SMARTS) is 1. The molecule has 7 nitrogen and oxygen atoms in total. The van der Waals surface area contributed by atoms with Gasteiger partial charge in [0.15, 0.2) is 5.13 Å². The normalized spacial score (nSPS) is 36.1. The molecule has 0 saturated heterocycles. The first-order chi connectivity index (χ1) is 12.1. The summed E-state index contributed by atoms with van der Waals surface area (Å²) in [6.45, 7) is 5.14. The van der Waals surface area contributed by atoms with E-state index in [1.807, 2.05) is 13.8 Å². The molecule has 3 rings (SSSR count). The molecular weight excluding hydrogens is 356 g/mol. The van der Waals surface area contributed by atoms with Gasteiger partial charge in [0, 0.05) is 29.1 Å². The van der Waals surface area contributed by atoms with Crippen LogP contribution in [0.15, 0.2) is 0 Å². The van der Waals surface area contributed by atoms with Crippen LogP contribution in [0.2, 0.25) is 0 Å². The first kappa shape index (κ1) is 19.3. The molecule has 1 amide bonds. The number of aromatic nitrogens is 1. The second-order valence-electron chi connectivity index (χ2n) is 8.12. The van der Waals surface area contributed by atoms with Crippen molar-refractivity contribution in [2.24, 2.45) is 16.7 Å². The standard InChI is InChI=1S/C18H26N2O5S/c1-9(22)19-16-20-15-10(6-14(24)25)17(2)5-4-13(23)18(3,8-21)12(17)7-11(15)26-16/h10,12-13,21,23H,4-8H2,1-3H3,(H,24,25)(H,19,20,22)/p-1/t10-,12+,13-,17+,18+/m1/s1. The molecule has 1 saturated carbocycles. The summed E-state index contributed by atoms with van der Waals surface area (Å²) in [4.78, 5) is 28.3. The summed E-state index contributed by atoms with van der Waals surface area (Å²) in [5.41, 5.74) is -0.434. The van der Waals surface area contributed by atoms with Gasteiger partial charge < -0.3 is 25.4 Å². The topological polar surface area (TPSA) is 123 Å². The number of amides is 1. The van der Waals surface area contributed by atoms with Crippen LogP contribution in [0.4, 0.5) is 5.13 Å². The van der Waals surface area contributed by atoms with Crippen molar-refractivity contribution in [3.8, 4) is 0 Å². The van der Waals surface area contributed by atoms with E-state index in [-0.39, 0.29) is 30.8 Å². The van der Waals surface area contributed by atoms with Crippen LogP contribution in [0.1, 0.15) is 56.5 Å². The van der Waals surface area contributed by atoms with E-state index in [1.165, 1.54) is 18.3 Å². The number of carboxylic acids is 1. The average molecular weight is 381 g/mol. The molecule has 2 aliphatic carbocycles. The fraction of sp³-hybridized carbons (Fsp3) is 0.722. The smallest absolute Gasteiger partial charge is 0.223 e. The van der Waals surface area contributed by atoms with Crippen molar-refractivity contribution in [2.45, 2.75) is 58.5 Å². The van der Waals surface area contributed by atoms with Crippen molar-refractivity contribution in [3.05, 3.63) is 10.6 Å². The second-order valence-corrected chi connectivity index (χ2v) is 9.20.